The van der Waals surface area contributed by atoms with E-state index in [2.05, 4.69) is 6.92 Å². The van der Waals surface area contributed by atoms with E-state index in [1.54, 1.807) is 0 Å². The van der Waals surface area contributed by atoms with Crippen LogP contribution in [-0.4, -0.2) is 39.5 Å². The lowest BCUT2D eigenvalue weighted by molar-refractivity contribution is -0.140. The minimum Gasteiger partial charge on any atom is -0.392 e. The molecule has 0 aliphatic carbocycles. The average Bonchev–Trinajstić information content (AvgIpc) is 2.69. The molecular formula is C24H49NO4. The zero-order chi connectivity index (χ0) is 21.9. The number of carbonyl (C=O) groups is 1. The Labute approximate surface area is 179 Å². The first kappa shape index (κ1) is 28.5. The largest absolute Gasteiger partial charge is 0.392 e. The van der Waals surface area contributed by atoms with Crippen LogP contribution in [-0.2, 0) is 4.79 Å². The van der Waals surface area contributed by atoms with Crippen LogP contribution in [0.1, 0.15) is 123 Å². The van der Waals surface area contributed by atoms with Gasteiger partial charge in [0.25, 0.3) is 0 Å². The van der Waals surface area contributed by atoms with Crippen molar-refractivity contribution in [2.24, 2.45) is 11.7 Å². The predicted molar refractivity (Wildman–Crippen MR) is 121 cm³/mol. The number of carbonyl (C=O) groups excluding carboxylic acids is 1. The quantitative estimate of drug-likeness (QED) is 0.159. The van der Waals surface area contributed by atoms with E-state index in [1.807, 2.05) is 6.92 Å². The van der Waals surface area contributed by atoms with Gasteiger partial charge in [0, 0.05) is 0 Å². The Morgan fingerprint density at radius 1 is 0.655 bits per heavy atom. The summed E-state index contributed by atoms with van der Waals surface area (Å²) in [5.74, 6) is -1.63. The molecule has 174 valence electrons. The van der Waals surface area contributed by atoms with Crippen molar-refractivity contribution in [3.63, 3.8) is 0 Å². The fraction of sp³-hybridized carbons (Fsp3) is 0.958. The van der Waals surface area contributed by atoms with E-state index in [1.165, 1.54) is 64.2 Å². The summed E-state index contributed by atoms with van der Waals surface area (Å²) in [5.41, 5.74) is 5.51. The van der Waals surface area contributed by atoms with Crippen molar-refractivity contribution in [1.82, 2.24) is 0 Å². The first-order valence-corrected chi connectivity index (χ1v) is 12.3. The summed E-state index contributed by atoms with van der Waals surface area (Å²) in [4.78, 5) is 12.3. The van der Waals surface area contributed by atoms with Gasteiger partial charge in [-0.05, 0) is 12.8 Å². The number of aliphatic hydroxyl groups is 3. The smallest absolute Gasteiger partial charge is 0.170 e. The zero-order valence-corrected chi connectivity index (χ0v) is 19.2. The molecule has 0 bridgehead atoms. The standard InChI is InChI=1S/C24H49NO4/c1-3-5-7-8-9-10-11-12-13-14-15-16-17-19-20(26)22(24(25)29)23(28)21(27)18-6-4-2/h20-22,24,26-27,29H,3-19,25H2,1-2H3. The molecule has 0 rings (SSSR count). The van der Waals surface area contributed by atoms with Crippen LogP contribution in [0, 0.1) is 5.92 Å². The van der Waals surface area contributed by atoms with Crippen LogP contribution in [0.5, 0.6) is 0 Å². The zero-order valence-electron chi connectivity index (χ0n) is 19.2. The maximum absolute atomic E-state index is 12.3. The van der Waals surface area contributed by atoms with E-state index >= 15 is 0 Å². The fourth-order valence-electron chi connectivity index (χ4n) is 3.90. The van der Waals surface area contributed by atoms with E-state index < -0.39 is 30.1 Å². The molecule has 0 saturated carbocycles. The van der Waals surface area contributed by atoms with Gasteiger partial charge in [-0.15, -0.1) is 0 Å². The molecule has 0 amide bonds. The Kier molecular flexibility index (Phi) is 19.1. The molecule has 5 nitrogen and oxygen atoms in total. The Hall–Kier alpha value is -0.490. The lowest BCUT2D eigenvalue weighted by Gasteiger charge is -2.26. The highest BCUT2D eigenvalue weighted by molar-refractivity contribution is 5.86. The molecule has 4 unspecified atom stereocenters. The van der Waals surface area contributed by atoms with E-state index in [-0.39, 0.29) is 0 Å². The van der Waals surface area contributed by atoms with E-state index in [0.717, 1.165) is 32.1 Å². The van der Waals surface area contributed by atoms with E-state index in [9.17, 15) is 20.1 Å². The minimum atomic E-state index is -1.43. The van der Waals surface area contributed by atoms with Gasteiger partial charge in [-0.1, -0.05) is 110 Å². The van der Waals surface area contributed by atoms with E-state index in [0.29, 0.717) is 12.8 Å². The fourth-order valence-corrected chi connectivity index (χ4v) is 3.90. The molecule has 29 heavy (non-hydrogen) atoms. The number of hydrogen-bond acceptors (Lipinski definition) is 5. The van der Waals surface area contributed by atoms with Gasteiger partial charge in [-0.3, -0.25) is 4.79 Å². The number of Topliss-reactive ketones (excluding diaryl/α,β-unsaturated/α-hetero) is 1. The Morgan fingerprint density at radius 2 is 1.07 bits per heavy atom. The van der Waals surface area contributed by atoms with Gasteiger partial charge in [0.05, 0.1) is 12.0 Å². The predicted octanol–water partition coefficient (Wildman–Crippen LogP) is 4.84. The topological polar surface area (TPSA) is 104 Å². The second-order valence-corrected chi connectivity index (χ2v) is 8.68. The van der Waals surface area contributed by atoms with Crippen molar-refractivity contribution in [3.05, 3.63) is 0 Å². The third kappa shape index (κ3) is 15.0. The second-order valence-electron chi connectivity index (χ2n) is 8.68. The van der Waals surface area contributed by atoms with Gasteiger partial charge in [-0.2, -0.15) is 0 Å². The normalized spacial score (nSPS) is 15.8. The molecule has 0 aromatic carbocycles. The molecule has 5 heteroatoms. The SMILES string of the molecule is CCCCCCCCCCCCCCCC(O)C(C(=O)C(O)CCCC)C(N)O. The summed E-state index contributed by atoms with van der Waals surface area (Å²) in [6.45, 7) is 4.23. The van der Waals surface area contributed by atoms with Crippen molar-refractivity contribution in [2.75, 3.05) is 0 Å². The summed E-state index contributed by atoms with van der Waals surface area (Å²) in [6, 6.07) is 0. The van der Waals surface area contributed by atoms with E-state index in [4.69, 9.17) is 5.73 Å². The Bertz CT molecular complexity index is 376. The molecule has 0 aromatic heterocycles. The maximum atomic E-state index is 12.3. The van der Waals surface area contributed by atoms with Gasteiger partial charge in [-0.25, -0.2) is 0 Å². The third-order valence-electron chi connectivity index (χ3n) is 5.87. The van der Waals surface area contributed by atoms with Crippen LogP contribution in [0.4, 0.5) is 0 Å². The molecule has 0 aliphatic heterocycles. The molecule has 0 radical (unpaired) electrons. The number of rotatable bonds is 21. The summed E-state index contributed by atoms with van der Waals surface area (Å²) in [7, 11) is 0. The van der Waals surface area contributed by atoms with Gasteiger partial charge in [0.15, 0.2) is 5.78 Å². The number of ketones is 1. The third-order valence-corrected chi connectivity index (χ3v) is 5.87. The first-order valence-electron chi connectivity index (χ1n) is 12.3. The molecule has 0 aromatic rings. The summed E-state index contributed by atoms with van der Waals surface area (Å²) in [5, 5.41) is 30.0. The van der Waals surface area contributed by atoms with Crippen molar-refractivity contribution in [3.8, 4) is 0 Å². The number of nitrogens with two attached hydrogens (primary N) is 1. The Balaban J connectivity index is 3.81. The molecule has 4 atom stereocenters. The number of aliphatic hydroxyl groups excluding tert-OH is 3. The van der Waals surface area contributed by atoms with Crippen LogP contribution in [0.3, 0.4) is 0 Å². The second kappa shape index (κ2) is 19.5. The van der Waals surface area contributed by atoms with Gasteiger partial charge < -0.3 is 21.1 Å². The van der Waals surface area contributed by atoms with Crippen molar-refractivity contribution >= 4 is 5.78 Å². The van der Waals surface area contributed by atoms with Crippen LogP contribution < -0.4 is 5.73 Å². The van der Waals surface area contributed by atoms with Gasteiger partial charge >= 0.3 is 0 Å². The highest BCUT2D eigenvalue weighted by atomic mass is 16.3. The molecule has 0 heterocycles. The molecular weight excluding hydrogens is 366 g/mol. The molecule has 0 aliphatic rings. The summed E-state index contributed by atoms with van der Waals surface area (Å²) < 4.78 is 0. The lowest BCUT2D eigenvalue weighted by atomic mass is 9.88. The molecule has 0 fully saturated rings. The van der Waals surface area contributed by atoms with Crippen LogP contribution >= 0.6 is 0 Å². The van der Waals surface area contributed by atoms with Crippen LogP contribution in [0.15, 0.2) is 0 Å². The minimum absolute atomic E-state index is 0.351. The van der Waals surface area contributed by atoms with Crippen LogP contribution in [0.25, 0.3) is 0 Å². The van der Waals surface area contributed by atoms with Gasteiger partial charge in [0.2, 0.25) is 0 Å². The number of unbranched alkanes of at least 4 members (excludes halogenated alkanes) is 13. The van der Waals surface area contributed by atoms with Crippen molar-refractivity contribution in [1.29, 1.82) is 0 Å². The summed E-state index contributed by atoms with van der Waals surface area (Å²) >= 11 is 0. The van der Waals surface area contributed by atoms with Crippen molar-refractivity contribution < 1.29 is 20.1 Å². The van der Waals surface area contributed by atoms with Crippen molar-refractivity contribution in [2.45, 2.75) is 141 Å². The maximum Gasteiger partial charge on any atom is 0.170 e. The van der Waals surface area contributed by atoms with Gasteiger partial charge in [0.1, 0.15) is 12.3 Å². The summed E-state index contributed by atoms with van der Waals surface area (Å²) in [6.07, 6.45) is 15.1. The number of hydrogen-bond donors (Lipinski definition) is 4. The average molecular weight is 416 g/mol. The lowest BCUT2D eigenvalue weighted by Crippen LogP contribution is -2.46. The molecule has 5 N–H and O–H groups in total. The molecule has 0 spiro atoms. The first-order chi connectivity index (χ1) is 14.0. The highest BCUT2D eigenvalue weighted by Crippen LogP contribution is 2.19. The Morgan fingerprint density at radius 3 is 1.48 bits per heavy atom. The monoisotopic (exact) mass is 415 g/mol. The van der Waals surface area contributed by atoms with Crippen LogP contribution in [0.2, 0.25) is 0 Å². The molecule has 0 saturated heterocycles. The highest BCUT2D eigenvalue weighted by Gasteiger charge is 2.34.